The Morgan fingerprint density at radius 3 is 2.89 bits per heavy atom. The summed E-state index contributed by atoms with van der Waals surface area (Å²) in [6, 6.07) is 4.16. The van der Waals surface area contributed by atoms with Crippen LogP contribution in [-0.2, 0) is 0 Å². The summed E-state index contributed by atoms with van der Waals surface area (Å²) in [5.41, 5.74) is 5.08. The molecule has 0 aliphatic heterocycles. The molecule has 0 spiro atoms. The smallest absolute Gasteiger partial charge is 0.311 e. The Bertz CT molecular complexity index is 461. The van der Waals surface area contributed by atoms with Crippen molar-refractivity contribution in [1.29, 1.82) is 0 Å². The number of nitro groups is 1. The van der Waals surface area contributed by atoms with Crippen molar-refractivity contribution in [2.24, 2.45) is 10.9 Å². The molecule has 0 bridgehead atoms. The van der Waals surface area contributed by atoms with E-state index in [1.54, 1.807) is 0 Å². The van der Waals surface area contributed by atoms with Crippen molar-refractivity contribution < 1.29 is 19.6 Å². The number of oxime groups is 1. The van der Waals surface area contributed by atoms with Crippen molar-refractivity contribution in [2.45, 2.75) is 6.42 Å². The van der Waals surface area contributed by atoms with Crippen LogP contribution in [0.1, 0.15) is 6.42 Å². The zero-order chi connectivity index (χ0) is 13.5. The molecule has 8 heteroatoms. The van der Waals surface area contributed by atoms with Gasteiger partial charge in [0.2, 0.25) is 5.75 Å². The second-order valence-corrected chi connectivity index (χ2v) is 3.28. The molecule has 0 radical (unpaired) electrons. The molecular weight excluding hydrogens is 242 g/mol. The van der Waals surface area contributed by atoms with Crippen LogP contribution < -0.4 is 15.2 Å². The largest absolute Gasteiger partial charge is 0.497 e. The van der Waals surface area contributed by atoms with Gasteiger partial charge in [0.25, 0.3) is 0 Å². The summed E-state index contributed by atoms with van der Waals surface area (Å²) in [5, 5.41) is 21.9. The van der Waals surface area contributed by atoms with Gasteiger partial charge in [-0.25, -0.2) is 0 Å². The number of hydrogen-bond acceptors (Lipinski definition) is 6. The topological polar surface area (TPSA) is 120 Å². The van der Waals surface area contributed by atoms with Crippen LogP contribution in [0, 0.1) is 10.1 Å². The Labute approximate surface area is 103 Å². The van der Waals surface area contributed by atoms with Gasteiger partial charge in [-0.05, 0) is 6.07 Å². The average molecular weight is 255 g/mol. The van der Waals surface area contributed by atoms with Gasteiger partial charge in [-0.2, -0.15) is 0 Å². The molecule has 0 amide bonds. The minimum absolute atomic E-state index is 0.0134. The van der Waals surface area contributed by atoms with Crippen molar-refractivity contribution in [3.63, 3.8) is 0 Å². The van der Waals surface area contributed by atoms with Crippen LogP contribution in [0.5, 0.6) is 11.5 Å². The van der Waals surface area contributed by atoms with Gasteiger partial charge in [-0.15, -0.1) is 0 Å². The lowest BCUT2D eigenvalue weighted by Crippen LogP contribution is -2.15. The molecule has 8 nitrogen and oxygen atoms in total. The number of hydrogen-bond donors (Lipinski definition) is 2. The summed E-state index contributed by atoms with van der Waals surface area (Å²) < 4.78 is 10.2. The third kappa shape index (κ3) is 3.51. The number of benzene rings is 1. The van der Waals surface area contributed by atoms with Gasteiger partial charge in [0, 0.05) is 18.6 Å². The second kappa shape index (κ2) is 6.28. The molecule has 0 aromatic heterocycles. The number of nitrogens with two attached hydrogens (primary N) is 1. The number of rotatable bonds is 6. The summed E-state index contributed by atoms with van der Waals surface area (Å²) in [5.74, 6) is 0.505. The lowest BCUT2D eigenvalue weighted by molar-refractivity contribution is -0.385. The zero-order valence-electron chi connectivity index (χ0n) is 9.70. The van der Waals surface area contributed by atoms with Crippen molar-refractivity contribution in [1.82, 2.24) is 0 Å². The predicted molar refractivity (Wildman–Crippen MR) is 63.2 cm³/mol. The summed E-state index contributed by atoms with van der Waals surface area (Å²) in [7, 11) is 1.45. The second-order valence-electron chi connectivity index (χ2n) is 3.28. The van der Waals surface area contributed by atoms with E-state index in [0.717, 1.165) is 0 Å². The number of nitro benzene ring substituents is 1. The average Bonchev–Trinajstić information content (AvgIpc) is 2.37. The van der Waals surface area contributed by atoms with E-state index in [9.17, 15) is 10.1 Å². The summed E-state index contributed by atoms with van der Waals surface area (Å²) in [6.45, 7) is 0.0594. The first-order valence-corrected chi connectivity index (χ1v) is 5.00. The standard InChI is InChI=1S/C10H13N3O5/c1-17-7-2-3-8(13(15)16)9(6-7)18-5-4-10(11)12-14/h2-3,6,14H,4-5H2,1H3,(H2,11,12). The van der Waals surface area contributed by atoms with Crippen LogP contribution in [0.2, 0.25) is 0 Å². The monoisotopic (exact) mass is 255 g/mol. The van der Waals surface area contributed by atoms with Gasteiger partial charge < -0.3 is 20.4 Å². The Kier molecular flexibility index (Phi) is 4.73. The molecule has 18 heavy (non-hydrogen) atoms. The highest BCUT2D eigenvalue weighted by molar-refractivity contribution is 5.79. The van der Waals surface area contributed by atoms with Crippen molar-refractivity contribution in [3.8, 4) is 11.5 Å². The van der Waals surface area contributed by atoms with Crippen molar-refractivity contribution in [2.75, 3.05) is 13.7 Å². The molecule has 3 N–H and O–H groups in total. The van der Waals surface area contributed by atoms with Crippen molar-refractivity contribution >= 4 is 11.5 Å². The molecule has 1 aromatic rings. The highest BCUT2D eigenvalue weighted by Crippen LogP contribution is 2.31. The first-order chi connectivity index (χ1) is 8.58. The maximum atomic E-state index is 10.8. The normalized spacial score (nSPS) is 11.1. The third-order valence-corrected chi connectivity index (χ3v) is 2.11. The van der Waals surface area contributed by atoms with Gasteiger partial charge in [-0.1, -0.05) is 5.16 Å². The van der Waals surface area contributed by atoms with E-state index < -0.39 is 4.92 Å². The predicted octanol–water partition coefficient (Wildman–Crippen LogP) is 1.12. The van der Waals surface area contributed by atoms with E-state index in [1.807, 2.05) is 0 Å². The number of methoxy groups -OCH3 is 1. The zero-order valence-corrected chi connectivity index (χ0v) is 9.70. The highest BCUT2D eigenvalue weighted by atomic mass is 16.6. The lowest BCUT2D eigenvalue weighted by Gasteiger charge is -2.07. The quantitative estimate of drug-likeness (QED) is 0.258. The van der Waals surface area contributed by atoms with Crippen LogP contribution in [0.4, 0.5) is 5.69 Å². The van der Waals surface area contributed by atoms with Gasteiger partial charge >= 0.3 is 5.69 Å². The van der Waals surface area contributed by atoms with Gasteiger partial charge in [0.15, 0.2) is 0 Å². The fourth-order valence-corrected chi connectivity index (χ4v) is 1.20. The van der Waals surface area contributed by atoms with Crippen LogP contribution in [0.25, 0.3) is 0 Å². The minimum Gasteiger partial charge on any atom is -0.497 e. The molecule has 98 valence electrons. The van der Waals surface area contributed by atoms with Gasteiger partial charge in [0.1, 0.15) is 11.6 Å². The molecule has 0 aliphatic carbocycles. The van der Waals surface area contributed by atoms with E-state index in [4.69, 9.17) is 20.4 Å². The Morgan fingerprint density at radius 1 is 1.61 bits per heavy atom. The SMILES string of the molecule is COc1ccc([N+](=O)[O-])c(OCC/C(N)=N/O)c1. The molecular formula is C10H13N3O5. The first kappa shape index (κ1) is 13.6. The molecule has 0 saturated carbocycles. The molecule has 1 aromatic carbocycles. The maximum absolute atomic E-state index is 10.8. The molecule has 1 rings (SSSR count). The summed E-state index contributed by atoms with van der Waals surface area (Å²) >= 11 is 0. The fourth-order valence-electron chi connectivity index (χ4n) is 1.20. The fraction of sp³-hybridized carbons (Fsp3) is 0.300. The van der Waals surface area contributed by atoms with Crippen LogP contribution in [-0.4, -0.2) is 29.7 Å². The van der Waals surface area contributed by atoms with E-state index in [0.29, 0.717) is 5.75 Å². The van der Waals surface area contributed by atoms with Gasteiger partial charge in [-0.3, -0.25) is 10.1 Å². The number of amidine groups is 1. The lowest BCUT2D eigenvalue weighted by atomic mass is 10.3. The molecule has 0 aliphatic rings. The highest BCUT2D eigenvalue weighted by Gasteiger charge is 2.16. The Balaban J connectivity index is 2.81. The van der Waals surface area contributed by atoms with Crippen LogP contribution in [0.15, 0.2) is 23.4 Å². The first-order valence-electron chi connectivity index (χ1n) is 5.00. The Morgan fingerprint density at radius 2 is 2.33 bits per heavy atom. The maximum Gasteiger partial charge on any atom is 0.311 e. The molecule has 0 heterocycles. The number of nitrogens with zero attached hydrogens (tertiary/aromatic N) is 2. The van der Waals surface area contributed by atoms with Crippen LogP contribution >= 0.6 is 0 Å². The Hall–Kier alpha value is -2.51. The molecule has 0 saturated heterocycles. The van der Waals surface area contributed by atoms with Gasteiger partial charge in [0.05, 0.1) is 18.6 Å². The minimum atomic E-state index is -0.557. The van der Waals surface area contributed by atoms with E-state index >= 15 is 0 Å². The summed E-state index contributed by atoms with van der Waals surface area (Å²) in [4.78, 5) is 10.2. The summed E-state index contributed by atoms with van der Waals surface area (Å²) in [6.07, 6.45) is 0.158. The molecule has 0 atom stereocenters. The molecule has 0 unspecified atom stereocenters. The van der Waals surface area contributed by atoms with E-state index in [2.05, 4.69) is 5.16 Å². The molecule has 0 fully saturated rings. The third-order valence-electron chi connectivity index (χ3n) is 2.11. The van der Waals surface area contributed by atoms with E-state index in [-0.39, 0.29) is 30.3 Å². The van der Waals surface area contributed by atoms with E-state index in [1.165, 1.54) is 25.3 Å². The van der Waals surface area contributed by atoms with Crippen LogP contribution in [0.3, 0.4) is 0 Å². The van der Waals surface area contributed by atoms with Crippen molar-refractivity contribution in [3.05, 3.63) is 28.3 Å². The number of ether oxygens (including phenoxy) is 2.